The Balaban J connectivity index is 1.52. The fourth-order valence-corrected chi connectivity index (χ4v) is 2.95. The third-order valence-electron chi connectivity index (χ3n) is 4.30. The van der Waals surface area contributed by atoms with E-state index in [0.29, 0.717) is 19.4 Å². The Kier molecular flexibility index (Phi) is 5.34. The molecule has 1 amide bonds. The van der Waals surface area contributed by atoms with Crippen molar-refractivity contribution in [2.45, 2.75) is 26.7 Å². The van der Waals surface area contributed by atoms with Gasteiger partial charge in [-0.25, -0.2) is 0 Å². The number of anilines is 1. The number of ether oxygens (including phenoxy) is 1. The summed E-state index contributed by atoms with van der Waals surface area (Å²) in [6, 6.07) is 20.2. The quantitative estimate of drug-likeness (QED) is 0.625. The maximum atomic E-state index is 12.2. The molecule has 0 aromatic heterocycles. The van der Waals surface area contributed by atoms with Crippen LogP contribution in [0.15, 0.2) is 60.7 Å². The number of amides is 1. The highest BCUT2D eigenvalue weighted by molar-refractivity contribution is 5.92. The van der Waals surface area contributed by atoms with Crippen LogP contribution in [0.1, 0.15) is 24.0 Å². The van der Waals surface area contributed by atoms with E-state index in [9.17, 15) is 4.79 Å². The van der Waals surface area contributed by atoms with E-state index in [0.717, 1.165) is 33.3 Å². The molecule has 0 aliphatic carbocycles. The van der Waals surface area contributed by atoms with E-state index in [4.69, 9.17) is 4.74 Å². The van der Waals surface area contributed by atoms with E-state index in [2.05, 4.69) is 23.5 Å². The molecule has 1 N–H and O–H groups in total. The van der Waals surface area contributed by atoms with Gasteiger partial charge in [0.2, 0.25) is 5.91 Å². The van der Waals surface area contributed by atoms with Crippen LogP contribution in [-0.2, 0) is 4.79 Å². The summed E-state index contributed by atoms with van der Waals surface area (Å²) in [7, 11) is 0. The van der Waals surface area contributed by atoms with Crippen LogP contribution >= 0.6 is 0 Å². The first-order chi connectivity index (χ1) is 12.1. The van der Waals surface area contributed by atoms with Crippen LogP contribution < -0.4 is 10.1 Å². The number of carbonyl (C=O) groups is 1. The molecule has 3 rings (SSSR count). The highest BCUT2D eigenvalue weighted by Crippen LogP contribution is 2.25. The van der Waals surface area contributed by atoms with Gasteiger partial charge in [-0.3, -0.25) is 4.79 Å². The summed E-state index contributed by atoms with van der Waals surface area (Å²) >= 11 is 0. The third kappa shape index (κ3) is 4.18. The molecule has 0 radical (unpaired) electrons. The van der Waals surface area contributed by atoms with Crippen LogP contribution in [0.5, 0.6) is 5.75 Å². The zero-order valence-corrected chi connectivity index (χ0v) is 14.7. The maximum absolute atomic E-state index is 12.2. The average Bonchev–Trinajstić information content (AvgIpc) is 2.62. The van der Waals surface area contributed by atoms with Crippen molar-refractivity contribution >= 4 is 22.4 Å². The molecule has 3 aromatic rings. The zero-order valence-electron chi connectivity index (χ0n) is 14.7. The molecule has 3 heteroatoms. The van der Waals surface area contributed by atoms with E-state index >= 15 is 0 Å². The molecule has 0 unspecified atom stereocenters. The molecular weight excluding hydrogens is 310 g/mol. The lowest BCUT2D eigenvalue weighted by Gasteiger charge is -2.12. The molecule has 0 spiro atoms. The van der Waals surface area contributed by atoms with Gasteiger partial charge in [0.25, 0.3) is 0 Å². The van der Waals surface area contributed by atoms with Crippen LogP contribution in [0.4, 0.5) is 5.69 Å². The first-order valence-corrected chi connectivity index (χ1v) is 8.62. The van der Waals surface area contributed by atoms with Crippen molar-refractivity contribution in [1.82, 2.24) is 0 Å². The summed E-state index contributed by atoms with van der Waals surface area (Å²) in [4.78, 5) is 12.2. The van der Waals surface area contributed by atoms with Crippen LogP contribution in [0, 0.1) is 13.8 Å². The van der Waals surface area contributed by atoms with Crippen molar-refractivity contribution in [3.63, 3.8) is 0 Å². The summed E-state index contributed by atoms with van der Waals surface area (Å²) in [6.45, 7) is 4.53. The molecule has 0 saturated carbocycles. The molecule has 3 nitrogen and oxygen atoms in total. The molecule has 25 heavy (non-hydrogen) atoms. The summed E-state index contributed by atoms with van der Waals surface area (Å²) in [5.74, 6) is 0.896. The van der Waals surface area contributed by atoms with Gasteiger partial charge >= 0.3 is 0 Å². The van der Waals surface area contributed by atoms with E-state index in [1.165, 1.54) is 0 Å². The lowest BCUT2D eigenvalue weighted by molar-refractivity contribution is -0.116. The molecule has 0 aliphatic rings. The monoisotopic (exact) mass is 333 g/mol. The number of hydrogen-bond acceptors (Lipinski definition) is 2. The topological polar surface area (TPSA) is 38.3 Å². The largest absolute Gasteiger partial charge is 0.493 e. The summed E-state index contributed by atoms with van der Waals surface area (Å²) < 4.78 is 5.89. The number of carbonyl (C=O) groups excluding carboxylic acids is 1. The van der Waals surface area contributed by atoms with Crippen molar-refractivity contribution in [2.75, 3.05) is 11.9 Å². The van der Waals surface area contributed by atoms with Gasteiger partial charge in [-0.1, -0.05) is 54.6 Å². The van der Waals surface area contributed by atoms with Gasteiger partial charge in [0.15, 0.2) is 0 Å². The van der Waals surface area contributed by atoms with Crippen molar-refractivity contribution in [2.24, 2.45) is 0 Å². The van der Waals surface area contributed by atoms with E-state index < -0.39 is 0 Å². The van der Waals surface area contributed by atoms with Gasteiger partial charge in [0.1, 0.15) is 5.75 Å². The van der Waals surface area contributed by atoms with Crippen LogP contribution in [0.2, 0.25) is 0 Å². The highest BCUT2D eigenvalue weighted by atomic mass is 16.5. The number of aryl methyl sites for hydroxylation is 2. The number of benzene rings is 3. The maximum Gasteiger partial charge on any atom is 0.224 e. The molecule has 0 saturated heterocycles. The first kappa shape index (κ1) is 17.0. The normalized spacial score (nSPS) is 10.6. The Bertz CT molecular complexity index is 861. The third-order valence-corrected chi connectivity index (χ3v) is 4.30. The van der Waals surface area contributed by atoms with Gasteiger partial charge < -0.3 is 10.1 Å². The smallest absolute Gasteiger partial charge is 0.224 e. The highest BCUT2D eigenvalue weighted by Gasteiger charge is 2.07. The van der Waals surface area contributed by atoms with E-state index in [1.54, 1.807) is 0 Å². The van der Waals surface area contributed by atoms with Crippen molar-refractivity contribution in [3.8, 4) is 5.75 Å². The van der Waals surface area contributed by atoms with Crippen molar-refractivity contribution in [1.29, 1.82) is 0 Å². The second-order valence-electron chi connectivity index (χ2n) is 6.24. The molecule has 0 bridgehead atoms. The number of fused-ring (bicyclic) bond motifs is 1. The van der Waals surface area contributed by atoms with Crippen molar-refractivity contribution < 1.29 is 9.53 Å². The second kappa shape index (κ2) is 7.84. The molecule has 128 valence electrons. The Morgan fingerprint density at radius 1 is 0.920 bits per heavy atom. The van der Waals surface area contributed by atoms with E-state index in [-0.39, 0.29) is 5.91 Å². The summed E-state index contributed by atoms with van der Waals surface area (Å²) in [5.41, 5.74) is 3.09. The minimum atomic E-state index is 0.0268. The lowest BCUT2D eigenvalue weighted by Crippen LogP contribution is -2.14. The standard InChI is InChI=1S/C22H23NO2/c1-16-8-5-9-17(2)22(16)23-21(24)14-7-15-25-20-13-6-11-18-10-3-4-12-19(18)20/h3-6,8-13H,7,14-15H2,1-2H3,(H,23,24). The van der Waals surface area contributed by atoms with Gasteiger partial charge in [-0.05, 0) is 42.8 Å². The lowest BCUT2D eigenvalue weighted by atomic mass is 10.1. The average molecular weight is 333 g/mol. The minimum absolute atomic E-state index is 0.0268. The first-order valence-electron chi connectivity index (χ1n) is 8.62. The predicted octanol–water partition coefficient (Wildman–Crippen LogP) is 5.25. The summed E-state index contributed by atoms with van der Waals surface area (Å²) in [5, 5.41) is 5.27. The van der Waals surface area contributed by atoms with Gasteiger partial charge in [-0.2, -0.15) is 0 Å². The van der Waals surface area contributed by atoms with Gasteiger partial charge in [0.05, 0.1) is 6.61 Å². The van der Waals surface area contributed by atoms with Crippen LogP contribution in [-0.4, -0.2) is 12.5 Å². The predicted molar refractivity (Wildman–Crippen MR) is 103 cm³/mol. The Morgan fingerprint density at radius 2 is 1.60 bits per heavy atom. The molecule has 0 heterocycles. The number of rotatable bonds is 6. The molecular formula is C22H23NO2. The number of para-hydroxylation sites is 1. The van der Waals surface area contributed by atoms with Crippen LogP contribution in [0.3, 0.4) is 0 Å². The molecule has 0 aliphatic heterocycles. The minimum Gasteiger partial charge on any atom is -0.493 e. The fourth-order valence-electron chi connectivity index (χ4n) is 2.95. The Hall–Kier alpha value is -2.81. The van der Waals surface area contributed by atoms with Crippen molar-refractivity contribution in [3.05, 3.63) is 71.8 Å². The Labute approximate surface area is 148 Å². The van der Waals surface area contributed by atoms with Crippen LogP contribution in [0.25, 0.3) is 10.8 Å². The number of nitrogens with one attached hydrogen (secondary N) is 1. The second-order valence-corrected chi connectivity index (χ2v) is 6.24. The molecule has 0 atom stereocenters. The SMILES string of the molecule is Cc1cccc(C)c1NC(=O)CCCOc1cccc2ccccc12. The molecule has 3 aromatic carbocycles. The fraction of sp³-hybridized carbons (Fsp3) is 0.227. The van der Waals surface area contributed by atoms with Gasteiger partial charge in [-0.15, -0.1) is 0 Å². The zero-order chi connectivity index (χ0) is 17.6. The number of hydrogen-bond donors (Lipinski definition) is 1. The molecule has 0 fully saturated rings. The van der Waals surface area contributed by atoms with Gasteiger partial charge in [0, 0.05) is 17.5 Å². The summed E-state index contributed by atoms with van der Waals surface area (Å²) in [6.07, 6.45) is 1.12. The Morgan fingerprint density at radius 3 is 2.40 bits per heavy atom. The van der Waals surface area contributed by atoms with E-state index in [1.807, 2.05) is 56.3 Å².